The molecule has 1 aliphatic carbocycles. The second kappa shape index (κ2) is 5.50. The number of benzene rings is 2. The van der Waals surface area contributed by atoms with Crippen LogP contribution in [0.4, 0.5) is 0 Å². The summed E-state index contributed by atoms with van der Waals surface area (Å²) in [5.41, 5.74) is 0.817. The van der Waals surface area contributed by atoms with Crippen molar-refractivity contribution in [2.45, 2.75) is 23.8 Å². The highest BCUT2D eigenvalue weighted by atomic mass is 32.2. The highest BCUT2D eigenvalue weighted by molar-refractivity contribution is 7.89. The number of imide groups is 1. The number of amides is 2. The summed E-state index contributed by atoms with van der Waals surface area (Å²) < 4.78 is 26.8. The van der Waals surface area contributed by atoms with E-state index in [1.807, 2.05) is 0 Å². The standard InChI is InChI=1S/C20H18N2O4S/c23-18-16-8-4-5-9-17(16)19(24)22(18)14-10-20(11-14)12-21(13-20)27(25,26)15-6-2-1-3-7-15/h1-9,14H,10-13H2. The van der Waals surface area contributed by atoms with Gasteiger partial charge >= 0.3 is 0 Å². The molecule has 0 bridgehead atoms. The maximum Gasteiger partial charge on any atom is 0.261 e. The molecule has 3 aliphatic rings. The van der Waals surface area contributed by atoms with E-state index in [9.17, 15) is 18.0 Å². The highest BCUT2D eigenvalue weighted by Gasteiger charge is 2.59. The van der Waals surface area contributed by atoms with Crippen LogP contribution in [0.1, 0.15) is 33.6 Å². The van der Waals surface area contributed by atoms with Crippen molar-refractivity contribution in [3.63, 3.8) is 0 Å². The third kappa shape index (κ3) is 2.31. The number of nitrogens with zero attached hydrogens (tertiary/aromatic N) is 2. The smallest absolute Gasteiger partial charge is 0.261 e. The minimum absolute atomic E-state index is 0.109. The monoisotopic (exact) mass is 382 g/mol. The zero-order valence-electron chi connectivity index (χ0n) is 14.5. The van der Waals surface area contributed by atoms with Crippen molar-refractivity contribution in [1.29, 1.82) is 0 Å². The molecule has 2 aromatic rings. The average molecular weight is 382 g/mol. The number of rotatable bonds is 3. The Morgan fingerprint density at radius 1 is 0.815 bits per heavy atom. The van der Waals surface area contributed by atoms with Gasteiger partial charge in [0, 0.05) is 24.5 Å². The van der Waals surface area contributed by atoms with E-state index >= 15 is 0 Å². The Kier molecular flexibility index (Phi) is 3.39. The molecule has 0 atom stereocenters. The van der Waals surface area contributed by atoms with Gasteiger partial charge in [-0.3, -0.25) is 14.5 Å². The van der Waals surface area contributed by atoms with Crippen LogP contribution in [0.15, 0.2) is 59.5 Å². The normalized spacial score (nSPS) is 21.9. The Labute approximate surface area is 157 Å². The van der Waals surface area contributed by atoms with Crippen molar-refractivity contribution >= 4 is 21.8 Å². The molecule has 6 nitrogen and oxygen atoms in total. The Balaban J connectivity index is 1.27. The minimum Gasteiger partial charge on any atom is -0.271 e. The lowest BCUT2D eigenvalue weighted by Crippen LogP contribution is -2.67. The summed E-state index contributed by atoms with van der Waals surface area (Å²) in [5.74, 6) is -0.466. The van der Waals surface area contributed by atoms with Crippen molar-refractivity contribution in [3.8, 4) is 0 Å². The summed E-state index contributed by atoms with van der Waals surface area (Å²) in [6.07, 6.45) is 1.33. The molecule has 7 heteroatoms. The zero-order valence-corrected chi connectivity index (χ0v) is 15.4. The number of sulfonamides is 1. The van der Waals surface area contributed by atoms with E-state index in [1.165, 1.54) is 9.21 Å². The zero-order chi connectivity index (χ0) is 18.8. The van der Waals surface area contributed by atoms with Crippen LogP contribution in [0.3, 0.4) is 0 Å². The first-order valence-electron chi connectivity index (χ1n) is 8.93. The van der Waals surface area contributed by atoms with E-state index in [1.54, 1.807) is 54.6 Å². The van der Waals surface area contributed by atoms with Crippen molar-refractivity contribution in [2.75, 3.05) is 13.1 Å². The summed E-state index contributed by atoms with van der Waals surface area (Å²) in [4.78, 5) is 26.8. The average Bonchev–Trinajstić information content (AvgIpc) is 2.85. The Hall–Kier alpha value is -2.51. The molecular weight excluding hydrogens is 364 g/mol. The molecule has 0 N–H and O–H groups in total. The van der Waals surface area contributed by atoms with E-state index in [0.717, 1.165) is 0 Å². The molecule has 0 radical (unpaired) electrons. The lowest BCUT2D eigenvalue weighted by Gasteiger charge is -2.59. The van der Waals surface area contributed by atoms with Crippen LogP contribution in [-0.2, 0) is 10.0 Å². The van der Waals surface area contributed by atoms with Crippen molar-refractivity contribution in [3.05, 3.63) is 65.7 Å². The number of hydrogen-bond donors (Lipinski definition) is 0. The molecule has 2 heterocycles. The summed E-state index contributed by atoms with van der Waals surface area (Å²) in [6, 6.07) is 15.2. The minimum atomic E-state index is -3.47. The molecular formula is C20H18N2O4S. The van der Waals surface area contributed by atoms with Gasteiger partial charge in [-0.1, -0.05) is 30.3 Å². The van der Waals surface area contributed by atoms with Gasteiger partial charge in [-0.15, -0.1) is 0 Å². The lowest BCUT2D eigenvalue weighted by atomic mass is 9.61. The van der Waals surface area contributed by atoms with Crippen LogP contribution >= 0.6 is 0 Å². The van der Waals surface area contributed by atoms with Gasteiger partial charge in [0.1, 0.15) is 0 Å². The molecule has 0 unspecified atom stereocenters. The van der Waals surface area contributed by atoms with Crippen molar-refractivity contribution in [1.82, 2.24) is 9.21 Å². The van der Waals surface area contributed by atoms with Gasteiger partial charge in [-0.05, 0) is 37.1 Å². The third-order valence-electron chi connectivity index (χ3n) is 5.93. The Bertz CT molecular complexity index is 1020. The van der Waals surface area contributed by atoms with Crippen LogP contribution in [0, 0.1) is 5.41 Å². The number of fused-ring (bicyclic) bond motifs is 1. The van der Waals surface area contributed by atoms with E-state index < -0.39 is 10.0 Å². The summed E-state index contributed by atoms with van der Waals surface area (Å²) >= 11 is 0. The van der Waals surface area contributed by atoms with Crippen molar-refractivity contribution in [2.24, 2.45) is 5.41 Å². The summed E-state index contributed by atoms with van der Waals surface area (Å²) in [6.45, 7) is 0.897. The van der Waals surface area contributed by atoms with Gasteiger partial charge in [-0.25, -0.2) is 8.42 Å². The third-order valence-corrected chi connectivity index (χ3v) is 7.74. The number of carbonyl (C=O) groups excluding carboxylic acids is 2. The largest absolute Gasteiger partial charge is 0.271 e. The molecule has 1 saturated heterocycles. The van der Waals surface area contributed by atoms with Gasteiger partial charge < -0.3 is 0 Å². The molecule has 2 amide bonds. The molecule has 1 spiro atoms. The molecule has 27 heavy (non-hydrogen) atoms. The number of hydrogen-bond acceptors (Lipinski definition) is 4. The van der Waals surface area contributed by atoms with E-state index in [0.29, 0.717) is 42.0 Å². The fourth-order valence-corrected chi connectivity index (χ4v) is 6.22. The molecule has 0 aromatic heterocycles. The summed E-state index contributed by atoms with van der Waals surface area (Å²) in [5, 5.41) is 0. The van der Waals surface area contributed by atoms with Crippen molar-refractivity contribution < 1.29 is 18.0 Å². The van der Waals surface area contributed by atoms with Crippen LogP contribution in [-0.4, -0.2) is 48.6 Å². The van der Waals surface area contributed by atoms with Crippen LogP contribution in [0.25, 0.3) is 0 Å². The molecule has 1 saturated carbocycles. The first-order valence-corrected chi connectivity index (χ1v) is 10.4. The number of carbonyl (C=O) groups is 2. The molecule has 5 rings (SSSR count). The van der Waals surface area contributed by atoms with Gasteiger partial charge in [0.2, 0.25) is 10.0 Å². The maximum absolute atomic E-state index is 12.6. The van der Waals surface area contributed by atoms with Gasteiger partial charge in [0.25, 0.3) is 11.8 Å². The summed E-state index contributed by atoms with van der Waals surface area (Å²) in [7, 11) is -3.47. The predicted molar refractivity (Wildman–Crippen MR) is 97.6 cm³/mol. The Morgan fingerprint density at radius 2 is 1.33 bits per heavy atom. The quantitative estimate of drug-likeness (QED) is 0.763. The molecule has 2 fully saturated rings. The van der Waals surface area contributed by atoms with Gasteiger partial charge in [0.15, 0.2) is 0 Å². The van der Waals surface area contributed by atoms with Gasteiger partial charge in [-0.2, -0.15) is 4.31 Å². The first-order chi connectivity index (χ1) is 12.9. The van der Waals surface area contributed by atoms with Crippen LogP contribution in [0.2, 0.25) is 0 Å². The fourth-order valence-electron chi connectivity index (χ4n) is 4.53. The fraction of sp³-hybridized carbons (Fsp3) is 0.300. The second-order valence-corrected chi connectivity index (χ2v) is 9.61. The van der Waals surface area contributed by atoms with Crippen LogP contribution in [0.5, 0.6) is 0 Å². The van der Waals surface area contributed by atoms with E-state index in [2.05, 4.69) is 0 Å². The maximum atomic E-state index is 12.6. The topological polar surface area (TPSA) is 74.8 Å². The predicted octanol–water partition coefficient (Wildman–Crippen LogP) is 2.14. The first kappa shape index (κ1) is 16.6. The second-order valence-electron chi connectivity index (χ2n) is 7.67. The van der Waals surface area contributed by atoms with Gasteiger partial charge in [0.05, 0.1) is 16.0 Å². The van der Waals surface area contributed by atoms with E-state index in [-0.39, 0.29) is 23.3 Å². The molecule has 2 aromatic carbocycles. The van der Waals surface area contributed by atoms with E-state index in [4.69, 9.17) is 0 Å². The SMILES string of the molecule is O=C1c2ccccc2C(=O)N1C1CC2(C1)CN(S(=O)(=O)c1ccccc1)C2. The highest BCUT2D eigenvalue weighted by Crippen LogP contribution is 2.52. The molecule has 2 aliphatic heterocycles. The molecule has 138 valence electrons. The van der Waals surface area contributed by atoms with Crippen LogP contribution < -0.4 is 0 Å². The lowest BCUT2D eigenvalue weighted by molar-refractivity contribution is -0.0585. The Morgan fingerprint density at radius 3 is 1.89 bits per heavy atom.